The van der Waals surface area contributed by atoms with Crippen LogP contribution in [0.15, 0.2) is 0 Å². The number of alkyl halides is 2. The van der Waals surface area contributed by atoms with Gasteiger partial charge in [-0.3, -0.25) is 4.79 Å². The minimum atomic E-state index is -2.48. The maximum absolute atomic E-state index is 11.8. The van der Waals surface area contributed by atoms with E-state index < -0.39 is 13.0 Å². The van der Waals surface area contributed by atoms with Crippen LogP contribution in [0.1, 0.15) is 26.7 Å². The monoisotopic (exact) mass is 266 g/mol. The van der Waals surface area contributed by atoms with E-state index in [1.165, 1.54) is 0 Å². The number of rotatable bonds is 9. The molecular weight excluding hydrogens is 242 g/mol. The van der Waals surface area contributed by atoms with E-state index in [0.29, 0.717) is 12.5 Å². The molecule has 1 unspecified atom stereocenters. The van der Waals surface area contributed by atoms with Gasteiger partial charge in [-0.05, 0) is 12.3 Å². The first-order valence-electron chi connectivity index (χ1n) is 6.20. The van der Waals surface area contributed by atoms with Gasteiger partial charge < -0.3 is 15.4 Å². The molecule has 0 aliphatic rings. The summed E-state index contributed by atoms with van der Waals surface area (Å²) in [5.74, 6) is 0.267. The summed E-state index contributed by atoms with van der Waals surface area (Å²) in [4.78, 5) is 13.2. The van der Waals surface area contributed by atoms with E-state index in [1.54, 1.807) is 11.9 Å². The molecule has 18 heavy (non-hydrogen) atoms. The van der Waals surface area contributed by atoms with E-state index in [4.69, 9.17) is 5.73 Å². The lowest BCUT2D eigenvalue weighted by Gasteiger charge is -2.21. The molecule has 0 fully saturated rings. The third-order valence-electron chi connectivity index (χ3n) is 2.78. The Bertz CT molecular complexity index is 238. The lowest BCUT2D eigenvalue weighted by Crippen LogP contribution is -2.35. The van der Waals surface area contributed by atoms with Crippen LogP contribution in [0.3, 0.4) is 0 Å². The molecule has 0 aromatic heterocycles. The maximum Gasteiger partial charge on any atom is 0.261 e. The first kappa shape index (κ1) is 17.2. The van der Waals surface area contributed by atoms with Gasteiger partial charge in [-0.15, -0.1) is 0 Å². The number of halogens is 2. The molecule has 0 saturated heterocycles. The van der Waals surface area contributed by atoms with Gasteiger partial charge in [-0.2, -0.15) is 0 Å². The summed E-state index contributed by atoms with van der Waals surface area (Å²) >= 11 is 0. The van der Waals surface area contributed by atoms with Crippen LogP contribution in [0.4, 0.5) is 8.78 Å². The molecule has 0 aliphatic heterocycles. The molecule has 0 aromatic carbocycles. The van der Waals surface area contributed by atoms with Crippen molar-refractivity contribution >= 4 is 5.91 Å². The van der Waals surface area contributed by atoms with Crippen molar-refractivity contribution in [2.24, 2.45) is 11.7 Å². The minimum absolute atomic E-state index is 0.0315. The fourth-order valence-corrected chi connectivity index (χ4v) is 1.32. The molecule has 2 N–H and O–H groups in total. The quantitative estimate of drug-likeness (QED) is 0.643. The summed E-state index contributed by atoms with van der Waals surface area (Å²) in [5, 5.41) is 0. The van der Waals surface area contributed by atoms with Crippen molar-refractivity contribution in [3.63, 3.8) is 0 Å². The van der Waals surface area contributed by atoms with Gasteiger partial charge in [0.2, 0.25) is 5.91 Å². The molecule has 4 nitrogen and oxygen atoms in total. The van der Waals surface area contributed by atoms with Crippen molar-refractivity contribution < 1.29 is 18.3 Å². The lowest BCUT2D eigenvalue weighted by molar-refractivity contribution is -0.131. The van der Waals surface area contributed by atoms with E-state index in [1.807, 2.05) is 13.8 Å². The molecule has 0 spiro atoms. The zero-order valence-corrected chi connectivity index (χ0v) is 11.4. The van der Waals surface area contributed by atoms with Gasteiger partial charge in [-0.1, -0.05) is 13.8 Å². The van der Waals surface area contributed by atoms with Gasteiger partial charge in [0, 0.05) is 19.6 Å². The van der Waals surface area contributed by atoms with E-state index in [0.717, 1.165) is 6.42 Å². The Morgan fingerprint density at radius 2 is 2.00 bits per heavy atom. The topological polar surface area (TPSA) is 55.6 Å². The highest BCUT2D eigenvalue weighted by Gasteiger charge is 2.13. The van der Waals surface area contributed by atoms with Crippen LogP contribution in [0.5, 0.6) is 0 Å². The minimum Gasteiger partial charge on any atom is -0.375 e. The summed E-state index contributed by atoms with van der Waals surface area (Å²) < 4.78 is 28.2. The average Bonchev–Trinajstić information content (AvgIpc) is 2.30. The summed E-state index contributed by atoms with van der Waals surface area (Å²) in [6, 6.07) is 0.0651. The second-order valence-electron chi connectivity index (χ2n) is 4.73. The van der Waals surface area contributed by atoms with Gasteiger partial charge in [0.25, 0.3) is 6.43 Å². The molecule has 0 radical (unpaired) electrons. The number of carbonyl (C=O) groups excluding carboxylic acids is 1. The highest BCUT2D eigenvalue weighted by Crippen LogP contribution is 2.04. The Kier molecular flexibility index (Phi) is 8.83. The molecule has 0 bridgehead atoms. The van der Waals surface area contributed by atoms with Crippen LogP contribution in [-0.4, -0.2) is 50.1 Å². The second-order valence-corrected chi connectivity index (χ2v) is 4.73. The van der Waals surface area contributed by atoms with Gasteiger partial charge in [-0.25, -0.2) is 8.78 Å². The molecule has 0 saturated carbocycles. The second kappa shape index (κ2) is 9.22. The zero-order chi connectivity index (χ0) is 14.1. The van der Waals surface area contributed by atoms with Crippen LogP contribution in [0, 0.1) is 5.92 Å². The third kappa shape index (κ3) is 8.36. The number of carbonyl (C=O) groups is 1. The smallest absolute Gasteiger partial charge is 0.261 e. The first-order chi connectivity index (χ1) is 8.34. The van der Waals surface area contributed by atoms with Crippen molar-refractivity contribution in [1.82, 2.24) is 4.90 Å². The Morgan fingerprint density at radius 1 is 1.39 bits per heavy atom. The molecule has 0 aliphatic carbocycles. The summed E-state index contributed by atoms with van der Waals surface area (Å²) in [6.45, 7) is 4.06. The zero-order valence-electron chi connectivity index (χ0n) is 11.4. The predicted octanol–water partition coefficient (Wildman–Crippen LogP) is 1.49. The number of hydrogen-bond acceptors (Lipinski definition) is 3. The molecule has 1 atom stereocenters. The highest BCUT2D eigenvalue weighted by atomic mass is 19.3. The SMILES string of the molecule is CC(C)C(N)CCN(C)C(=O)CCOCC(F)F. The molecule has 0 heterocycles. The summed E-state index contributed by atoms with van der Waals surface area (Å²) in [7, 11) is 1.68. The van der Waals surface area contributed by atoms with Gasteiger partial charge in [0.15, 0.2) is 0 Å². The van der Waals surface area contributed by atoms with Gasteiger partial charge in [0.05, 0.1) is 13.0 Å². The number of hydrogen-bond donors (Lipinski definition) is 1. The number of amides is 1. The van der Waals surface area contributed by atoms with Gasteiger partial charge in [0.1, 0.15) is 6.61 Å². The van der Waals surface area contributed by atoms with Gasteiger partial charge >= 0.3 is 0 Å². The summed E-state index contributed by atoms with van der Waals surface area (Å²) in [6.07, 6.45) is -1.63. The molecule has 0 rings (SSSR count). The van der Waals surface area contributed by atoms with E-state index in [-0.39, 0.29) is 25.0 Å². The Hall–Kier alpha value is -0.750. The van der Waals surface area contributed by atoms with E-state index >= 15 is 0 Å². The fourth-order valence-electron chi connectivity index (χ4n) is 1.32. The van der Waals surface area contributed by atoms with Crippen LogP contribution >= 0.6 is 0 Å². The van der Waals surface area contributed by atoms with Crippen LogP contribution in [0.2, 0.25) is 0 Å². The van der Waals surface area contributed by atoms with Crippen LogP contribution in [-0.2, 0) is 9.53 Å². The molecule has 108 valence electrons. The average molecular weight is 266 g/mol. The Balaban J connectivity index is 3.69. The van der Waals surface area contributed by atoms with E-state index in [2.05, 4.69) is 4.74 Å². The van der Waals surface area contributed by atoms with E-state index in [9.17, 15) is 13.6 Å². The Labute approximate surface area is 107 Å². The highest BCUT2D eigenvalue weighted by molar-refractivity contribution is 5.75. The van der Waals surface area contributed by atoms with Crippen LogP contribution < -0.4 is 5.73 Å². The summed E-state index contributed by atoms with van der Waals surface area (Å²) in [5.41, 5.74) is 5.87. The van der Waals surface area contributed by atoms with Crippen molar-refractivity contribution in [1.29, 1.82) is 0 Å². The fraction of sp³-hybridized carbons (Fsp3) is 0.917. The van der Waals surface area contributed by atoms with Crippen LogP contribution in [0.25, 0.3) is 0 Å². The first-order valence-corrected chi connectivity index (χ1v) is 6.20. The number of ether oxygens (including phenoxy) is 1. The van der Waals surface area contributed by atoms with Crippen molar-refractivity contribution in [3.8, 4) is 0 Å². The molecule has 1 amide bonds. The number of nitrogens with two attached hydrogens (primary N) is 1. The lowest BCUT2D eigenvalue weighted by atomic mass is 10.0. The van der Waals surface area contributed by atoms with Crippen molar-refractivity contribution in [2.45, 2.75) is 39.2 Å². The standard InChI is InChI=1S/C12H24F2N2O2/c1-9(2)10(15)4-6-16(3)12(17)5-7-18-8-11(13)14/h9-11H,4-8,15H2,1-3H3. The molecular formula is C12H24F2N2O2. The normalized spacial score (nSPS) is 13.1. The molecule has 6 heteroatoms. The third-order valence-corrected chi connectivity index (χ3v) is 2.78. The predicted molar refractivity (Wildman–Crippen MR) is 66.5 cm³/mol. The Morgan fingerprint density at radius 3 is 2.50 bits per heavy atom. The number of nitrogens with zero attached hydrogens (tertiary/aromatic N) is 1. The maximum atomic E-state index is 11.8. The largest absolute Gasteiger partial charge is 0.375 e. The van der Waals surface area contributed by atoms with Crippen molar-refractivity contribution in [3.05, 3.63) is 0 Å². The van der Waals surface area contributed by atoms with Crippen molar-refractivity contribution in [2.75, 3.05) is 26.8 Å². The molecule has 0 aromatic rings.